The molecular formula is C28H30N2O6. The third kappa shape index (κ3) is 5.07. The van der Waals surface area contributed by atoms with Crippen LogP contribution in [0.3, 0.4) is 0 Å². The number of nitrogens with zero attached hydrogens (tertiary/aromatic N) is 1. The predicted octanol–water partition coefficient (Wildman–Crippen LogP) is 4.84. The normalized spacial score (nSPS) is 17.3. The lowest BCUT2D eigenvalue weighted by Crippen LogP contribution is -2.47. The maximum Gasteiger partial charge on any atom is 0.229 e. The van der Waals surface area contributed by atoms with Gasteiger partial charge in [0.15, 0.2) is 11.5 Å². The Hall–Kier alpha value is -4.20. The molecule has 2 amide bonds. The van der Waals surface area contributed by atoms with Gasteiger partial charge in [-0.05, 0) is 60.5 Å². The average Bonchev–Trinajstić information content (AvgIpc) is 2.92. The molecule has 8 heteroatoms. The predicted molar refractivity (Wildman–Crippen MR) is 137 cm³/mol. The Labute approximate surface area is 210 Å². The van der Waals surface area contributed by atoms with Crippen molar-refractivity contribution in [3.63, 3.8) is 0 Å². The van der Waals surface area contributed by atoms with Crippen LogP contribution in [0.1, 0.15) is 24.4 Å². The summed E-state index contributed by atoms with van der Waals surface area (Å²) in [5, 5.41) is 3.01. The number of benzene rings is 3. The average molecular weight is 491 g/mol. The van der Waals surface area contributed by atoms with Gasteiger partial charge in [0.1, 0.15) is 11.5 Å². The molecule has 1 aliphatic rings. The van der Waals surface area contributed by atoms with E-state index >= 15 is 0 Å². The Kier molecular flexibility index (Phi) is 7.63. The van der Waals surface area contributed by atoms with Crippen molar-refractivity contribution in [3.05, 3.63) is 72.3 Å². The first-order valence-electron chi connectivity index (χ1n) is 11.6. The van der Waals surface area contributed by atoms with Crippen LogP contribution in [0.15, 0.2) is 66.7 Å². The fraction of sp³-hybridized carbons (Fsp3) is 0.286. The molecule has 188 valence electrons. The first-order chi connectivity index (χ1) is 17.5. The molecule has 36 heavy (non-hydrogen) atoms. The van der Waals surface area contributed by atoms with E-state index < -0.39 is 12.0 Å². The number of carbonyl (C=O) groups excluding carboxylic acids is 2. The number of hydrogen-bond acceptors (Lipinski definition) is 6. The van der Waals surface area contributed by atoms with E-state index in [0.717, 1.165) is 5.56 Å². The number of rotatable bonds is 8. The van der Waals surface area contributed by atoms with E-state index in [0.29, 0.717) is 40.8 Å². The fourth-order valence-corrected chi connectivity index (χ4v) is 4.57. The van der Waals surface area contributed by atoms with Gasteiger partial charge < -0.3 is 29.2 Å². The van der Waals surface area contributed by atoms with Gasteiger partial charge in [-0.15, -0.1) is 0 Å². The Bertz CT molecular complexity index is 1230. The van der Waals surface area contributed by atoms with Gasteiger partial charge in [0.25, 0.3) is 0 Å². The van der Waals surface area contributed by atoms with Gasteiger partial charge in [-0.2, -0.15) is 0 Å². The second-order valence-electron chi connectivity index (χ2n) is 8.39. The minimum absolute atomic E-state index is 0.0645. The van der Waals surface area contributed by atoms with Gasteiger partial charge in [0.05, 0.1) is 40.4 Å². The zero-order chi connectivity index (χ0) is 25.7. The molecule has 1 saturated heterocycles. The molecule has 2 atom stereocenters. The Balaban J connectivity index is 1.77. The molecule has 0 unspecified atom stereocenters. The third-order valence-corrected chi connectivity index (χ3v) is 6.37. The molecule has 0 aromatic heterocycles. The molecule has 1 heterocycles. The lowest BCUT2D eigenvalue weighted by Gasteiger charge is -2.41. The number of carbonyl (C=O) groups is 2. The standard InChI is InChI=1S/C28H30N2O6/c1-33-21-11-9-20(10-12-21)30-26(31)15-13-23(28(32)29-19-6-5-7-22(17-19)34-2)27(30)18-8-14-24(35-3)25(16-18)36-4/h5-12,14,16-17,23,27H,13,15H2,1-4H3,(H,29,32)/t23-,27+/m0/s1. The second-order valence-corrected chi connectivity index (χ2v) is 8.39. The van der Waals surface area contributed by atoms with Crippen molar-refractivity contribution in [3.8, 4) is 23.0 Å². The number of hydrogen-bond donors (Lipinski definition) is 1. The summed E-state index contributed by atoms with van der Waals surface area (Å²) in [6.45, 7) is 0. The van der Waals surface area contributed by atoms with Crippen LogP contribution in [-0.4, -0.2) is 40.3 Å². The van der Waals surface area contributed by atoms with Crippen LogP contribution in [0.4, 0.5) is 11.4 Å². The van der Waals surface area contributed by atoms with Crippen LogP contribution in [-0.2, 0) is 9.59 Å². The SMILES string of the molecule is COc1ccc(N2C(=O)CC[C@H](C(=O)Nc3cccc(OC)c3)[C@H]2c2ccc(OC)c(OC)c2)cc1. The highest BCUT2D eigenvalue weighted by atomic mass is 16.5. The van der Waals surface area contributed by atoms with Gasteiger partial charge in [-0.1, -0.05) is 12.1 Å². The molecule has 4 rings (SSSR count). The van der Waals surface area contributed by atoms with Crippen LogP contribution in [0.25, 0.3) is 0 Å². The highest BCUT2D eigenvalue weighted by molar-refractivity contribution is 6.00. The minimum Gasteiger partial charge on any atom is -0.497 e. The molecule has 0 radical (unpaired) electrons. The first kappa shape index (κ1) is 24.9. The topological polar surface area (TPSA) is 86.3 Å². The summed E-state index contributed by atoms with van der Waals surface area (Å²) in [5.41, 5.74) is 2.07. The van der Waals surface area contributed by atoms with Crippen molar-refractivity contribution < 1.29 is 28.5 Å². The van der Waals surface area contributed by atoms with E-state index in [2.05, 4.69) is 5.32 Å². The maximum absolute atomic E-state index is 13.6. The van der Waals surface area contributed by atoms with Crippen LogP contribution < -0.4 is 29.2 Å². The molecule has 1 fully saturated rings. The van der Waals surface area contributed by atoms with E-state index in [1.165, 1.54) is 0 Å². The molecule has 3 aromatic rings. The first-order valence-corrected chi connectivity index (χ1v) is 11.6. The zero-order valence-electron chi connectivity index (χ0n) is 20.8. The minimum atomic E-state index is -0.565. The fourth-order valence-electron chi connectivity index (χ4n) is 4.57. The van der Waals surface area contributed by atoms with Crippen molar-refractivity contribution in [2.45, 2.75) is 18.9 Å². The molecule has 3 aromatic carbocycles. The molecular weight excluding hydrogens is 460 g/mol. The van der Waals surface area contributed by atoms with Crippen molar-refractivity contribution >= 4 is 23.2 Å². The number of nitrogens with one attached hydrogen (secondary N) is 1. The van der Waals surface area contributed by atoms with Crippen LogP contribution >= 0.6 is 0 Å². The Morgan fingerprint density at radius 3 is 2.22 bits per heavy atom. The van der Waals surface area contributed by atoms with Crippen molar-refractivity contribution in [1.82, 2.24) is 0 Å². The molecule has 1 aliphatic heterocycles. The van der Waals surface area contributed by atoms with E-state index in [1.54, 1.807) is 63.7 Å². The Morgan fingerprint density at radius 2 is 1.56 bits per heavy atom. The smallest absolute Gasteiger partial charge is 0.229 e. The number of ether oxygens (including phenoxy) is 4. The number of methoxy groups -OCH3 is 4. The lowest BCUT2D eigenvalue weighted by atomic mass is 9.83. The largest absolute Gasteiger partial charge is 0.497 e. The number of anilines is 2. The summed E-state index contributed by atoms with van der Waals surface area (Å²) in [4.78, 5) is 28.7. The van der Waals surface area contributed by atoms with E-state index in [4.69, 9.17) is 18.9 Å². The third-order valence-electron chi connectivity index (χ3n) is 6.37. The maximum atomic E-state index is 13.6. The molecule has 1 N–H and O–H groups in total. The zero-order valence-corrected chi connectivity index (χ0v) is 20.8. The summed E-state index contributed by atoms with van der Waals surface area (Å²) in [6.07, 6.45) is 0.645. The molecule has 0 saturated carbocycles. The summed E-state index contributed by atoms with van der Waals surface area (Å²) in [5.74, 6) is 1.64. The van der Waals surface area contributed by atoms with Gasteiger partial charge in [-0.25, -0.2) is 0 Å². The van der Waals surface area contributed by atoms with Crippen molar-refractivity contribution in [2.24, 2.45) is 5.92 Å². The van der Waals surface area contributed by atoms with E-state index in [-0.39, 0.29) is 18.2 Å². The van der Waals surface area contributed by atoms with Gasteiger partial charge >= 0.3 is 0 Å². The van der Waals surface area contributed by atoms with Crippen molar-refractivity contribution in [1.29, 1.82) is 0 Å². The highest BCUT2D eigenvalue weighted by Gasteiger charge is 2.42. The number of amides is 2. The van der Waals surface area contributed by atoms with Crippen LogP contribution in [0.2, 0.25) is 0 Å². The molecule has 8 nitrogen and oxygen atoms in total. The van der Waals surface area contributed by atoms with E-state index in [1.807, 2.05) is 36.4 Å². The van der Waals surface area contributed by atoms with Gasteiger partial charge in [0.2, 0.25) is 11.8 Å². The summed E-state index contributed by atoms with van der Waals surface area (Å²) in [7, 11) is 6.29. The second kappa shape index (κ2) is 11.0. The monoisotopic (exact) mass is 490 g/mol. The van der Waals surface area contributed by atoms with Crippen molar-refractivity contribution in [2.75, 3.05) is 38.7 Å². The lowest BCUT2D eigenvalue weighted by molar-refractivity contribution is -0.125. The quantitative estimate of drug-likeness (QED) is 0.486. The number of piperidine rings is 1. The van der Waals surface area contributed by atoms with Crippen LogP contribution in [0.5, 0.6) is 23.0 Å². The summed E-state index contributed by atoms with van der Waals surface area (Å²) >= 11 is 0. The molecule has 0 spiro atoms. The van der Waals surface area contributed by atoms with Gasteiger partial charge in [0, 0.05) is 23.9 Å². The highest BCUT2D eigenvalue weighted by Crippen LogP contribution is 2.43. The van der Waals surface area contributed by atoms with Gasteiger partial charge in [-0.3, -0.25) is 9.59 Å². The summed E-state index contributed by atoms with van der Waals surface area (Å²) < 4.78 is 21.5. The van der Waals surface area contributed by atoms with Crippen LogP contribution in [0, 0.1) is 5.92 Å². The Morgan fingerprint density at radius 1 is 0.833 bits per heavy atom. The summed E-state index contributed by atoms with van der Waals surface area (Å²) in [6, 6.07) is 19.4. The molecule has 0 aliphatic carbocycles. The van der Waals surface area contributed by atoms with E-state index in [9.17, 15) is 9.59 Å². The molecule has 0 bridgehead atoms.